The number of nitrogens with one attached hydrogen (secondary N) is 1. The van der Waals surface area contributed by atoms with Gasteiger partial charge in [0.1, 0.15) is 19.1 Å². The predicted octanol–water partition coefficient (Wildman–Crippen LogP) is 0.990. The van der Waals surface area contributed by atoms with Crippen molar-refractivity contribution >= 4 is 24.1 Å². The number of methoxy groups -OCH3 is 1. The van der Waals surface area contributed by atoms with Crippen LogP contribution in [0.15, 0.2) is 58.5 Å². The van der Waals surface area contributed by atoms with Crippen molar-refractivity contribution in [1.82, 2.24) is 14.8 Å². The summed E-state index contributed by atoms with van der Waals surface area (Å²) in [5, 5.41) is 43.6. The van der Waals surface area contributed by atoms with E-state index in [1.54, 1.807) is 18.2 Å². The van der Waals surface area contributed by atoms with Gasteiger partial charge < -0.3 is 29.3 Å². The molecule has 3 N–H and O–H groups in total. The van der Waals surface area contributed by atoms with Crippen LogP contribution in [-0.2, 0) is 26.9 Å². The summed E-state index contributed by atoms with van der Waals surface area (Å²) < 4.78 is 47.4. The van der Waals surface area contributed by atoms with E-state index in [0.717, 1.165) is 19.2 Å². The number of alkyl halides is 3. The van der Waals surface area contributed by atoms with Crippen molar-refractivity contribution in [1.29, 1.82) is 5.26 Å². The highest BCUT2D eigenvalue weighted by molar-refractivity contribution is 5.93. The zero-order valence-corrected chi connectivity index (χ0v) is 25.2. The summed E-state index contributed by atoms with van der Waals surface area (Å²) in [6.07, 6.45) is -4.30. The van der Waals surface area contributed by atoms with E-state index in [9.17, 15) is 38.2 Å². The standard InChI is InChI=1S/C29H31F3N6O5.CH2O2/c1-18-24(26(41)43-3)25(23-8-7-19(17-33)15-20(23)9-10-38(2,11-13-39)12-14-40)37-27(34-35-28(37)42)36(18)22-6-4-5-21(16-22)29(30,31)32;2-1-3/h4-8,15-16,25,39-40H,9-14H2,1-3H3;1H,(H,2,3). The Balaban J connectivity index is 0.00000185. The van der Waals surface area contributed by atoms with Gasteiger partial charge >= 0.3 is 17.8 Å². The third kappa shape index (κ3) is 7.45. The molecule has 0 spiro atoms. The molecule has 246 valence electrons. The molecule has 0 radical (unpaired) electrons. The van der Waals surface area contributed by atoms with Gasteiger partial charge in [0.15, 0.2) is 0 Å². The number of allylic oxidation sites excluding steroid dienone is 1. The minimum absolute atomic E-state index is 0.00941. The molecule has 0 saturated carbocycles. The Kier molecular flexibility index (Phi) is 11.5. The van der Waals surface area contributed by atoms with E-state index in [-0.39, 0.29) is 36.1 Å². The largest absolute Gasteiger partial charge is 0.554 e. The molecular formula is C30H33F3N6O7. The maximum absolute atomic E-state index is 13.6. The first-order valence-electron chi connectivity index (χ1n) is 13.9. The third-order valence-electron chi connectivity index (χ3n) is 7.75. The number of esters is 1. The molecule has 13 nitrogen and oxygen atoms in total. The van der Waals surface area contributed by atoms with Crippen molar-refractivity contribution in [2.45, 2.75) is 25.6 Å². The molecule has 4 rings (SSSR count). The molecule has 0 fully saturated rings. The average Bonchev–Trinajstić information content (AvgIpc) is 3.39. The second-order valence-corrected chi connectivity index (χ2v) is 10.6. The number of benzene rings is 2. The number of nitriles is 1. The number of carbonyl (C=O) groups excluding carboxylic acids is 2. The zero-order valence-electron chi connectivity index (χ0n) is 25.2. The van der Waals surface area contributed by atoms with Crippen LogP contribution < -0.4 is 15.7 Å². The first-order valence-corrected chi connectivity index (χ1v) is 13.9. The van der Waals surface area contributed by atoms with E-state index in [4.69, 9.17) is 14.6 Å². The number of carbonyl (C=O) groups is 2. The first kappa shape index (κ1) is 35.5. The van der Waals surface area contributed by atoms with E-state index in [1.807, 2.05) is 7.05 Å². The number of quaternary nitrogens is 1. The maximum atomic E-state index is 13.6. The number of likely N-dealkylation sites (N-methyl/N-ethyl adjacent to an activating group) is 1. The Hall–Kier alpha value is -4.98. The number of fused-ring (bicyclic) bond motifs is 1. The van der Waals surface area contributed by atoms with Crippen molar-refractivity contribution < 1.29 is 47.3 Å². The smallest absolute Gasteiger partial charge is 0.416 e. The maximum Gasteiger partial charge on any atom is 0.416 e. The number of aromatic nitrogens is 3. The van der Waals surface area contributed by atoms with Crippen molar-refractivity contribution in [2.75, 3.05) is 51.9 Å². The number of H-pyrrole nitrogens is 1. The Morgan fingerprint density at radius 2 is 1.85 bits per heavy atom. The number of hydrogen-bond acceptors (Lipinski definition) is 10. The number of anilines is 2. The normalized spacial score (nSPS) is 14.6. The second-order valence-electron chi connectivity index (χ2n) is 10.6. The zero-order chi connectivity index (χ0) is 34.2. The van der Waals surface area contributed by atoms with Gasteiger partial charge in [0.2, 0.25) is 5.95 Å². The van der Waals surface area contributed by atoms with Crippen LogP contribution in [0.4, 0.5) is 24.8 Å². The van der Waals surface area contributed by atoms with Gasteiger partial charge in [-0.15, -0.1) is 5.10 Å². The molecule has 1 aliphatic rings. The number of halogens is 3. The van der Waals surface area contributed by atoms with Crippen molar-refractivity contribution in [3.05, 3.63) is 86.5 Å². The van der Waals surface area contributed by atoms with Crippen LogP contribution in [0.1, 0.15) is 35.2 Å². The molecule has 0 saturated heterocycles. The highest BCUT2D eigenvalue weighted by atomic mass is 19.4. The molecule has 46 heavy (non-hydrogen) atoms. The summed E-state index contributed by atoms with van der Waals surface area (Å²) in [6, 6.07) is 10.2. The number of carboxylic acid groups (broad SMARTS) is 1. The Bertz CT molecular complexity index is 1690. The fourth-order valence-corrected chi connectivity index (χ4v) is 5.45. The fraction of sp³-hybridized carbons (Fsp3) is 0.367. The quantitative estimate of drug-likeness (QED) is 0.163. The summed E-state index contributed by atoms with van der Waals surface area (Å²) in [4.78, 5) is 36.2. The van der Waals surface area contributed by atoms with Crippen LogP contribution >= 0.6 is 0 Å². The minimum atomic E-state index is -4.64. The van der Waals surface area contributed by atoms with Crippen LogP contribution in [0.2, 0.25) is 0 Å². The van der Waals surface area contributed by atoms with Crippen molar-refractivity contribution in [2.24, 2.45) is 0 Å². The lowest BCUT2D eigenvalue weighted by molar-refractivity contribution is -0.909. The van der Waals surface area contributed by atoms with E-state index in [0.29, 0.717) is 47.2 Å². The van der Waals surface area contributed by atoms with Crippen LogP contribution in [0, 0.1) is 11.3 Å². The molecule has 1 atom stereocenters. The molecule has 2 heterocycles. The molecule has 1 unspecified atom stereocenters. The molecule has 1 aliphatic heterocycles. The van der Waals surface area contributed by atoms with Gasteiger partial charge in [0.05, 0.1) is 56.7 Å². The van der Waals surface area contributed by atoms with E-state index < -0.39 is 35.9 Å². The molecule has 0 aliphatic carbocycles. The molecule has 1 aromatic heterocycles. The monoisotopic (exact) mass is 646 g/mol. The minimum Gasteiger partial charge on any atom is -0.554 e. The lowest BCUT2D eigenvalue weighted by atomic mass is 9.89. The molecule has 16 heteroatoms. The SMILES string of the molecule is COC(=O)C1=C(C)N(c2cccc(C(F)(F)F)c2)c2n[nH]c(=O)n2C1c1ccc(C#N)cc1CC[N+](C)(CCO)CCO.O=C[O-]. The van der Waals surface area contributed by atoms with Crippen LogP contribution in [0.3, 0.4) is 0 Å². The second kappa shape index (κ2) is 14.9. The Labute approximate surface area is 261 Å². The van der Waals surface area contributed by atoms with Gasteiger partial charge in [0, 0.05) is 24.3 Å². The molecular weight excluding hydrogens is 613 g/mol. The van der Waals surface area contributed by atoms with Crippen LogP contribution in [0.25, 0.3) is 0 Å². The number of aliphatic hydroxyl groups is 2. The van der Waals surface area contributed by atoms with Gasteiger partial charge in [-0.25, -0.2) is 19.3 Å². The highest BCUT2D eigenvalue weighted by Gasteiger charge is 2.41. The summed E-state index contributed by atoms with van der Waals surface area (Å²) in [5.41, 5.74) is -0.0132. The summed E-state index contributed by atoms with van der Waals surface area (Å²) in [5.74, 6) is -0.856. The van der Waals surface area contributed by atoms with Crippen LogP contribution in [0.5, 0.6) is 0 Å². The van der Waals surface area contributed by atoms with Crippen molar-refractivity contribution in [3.8, 4) is 6.07 Å². The number of hydrogen-bond donors (Lipinski definition) is 3. The number of aromatic amines is 1. The van der Waals surface area contributed by atoms with Crippen molar-refractivity contribution in [3.63, 3.8) is 0 Å². The predicted molar refractivity (Wildman–Crippen MR) is 155 cm³/mol. The Morgan fingerprint density at radius 1 is 1.20 bits per heavy atom. The molecule has 3 aromatic rings. The molecule has 0 bridgehead atoms. The first-order chi connectivity index (χ1) is 21.8. The topological polar surface area (TPSA) is 185 Å². The lowest BCUT2D eigenvalue weighted by Crippen LogP contribution is -2.49. The van der Waals surface area contributed by atoms with Gasteiger partial charge in [0.25, 0.3) is 0 Å². The molecule has 0 amide bonds. The van der Waals surface area contributed by atoms with E-state index >= 15 is 0 Å². The molecule has 2 aromatic carbocycles. The summed E-state index contributed by atoms with van der Waals surface area (Å²) in [6.45, 7) is 1.97. The summed E-state index contributed by atoms with van der Waals surface area (Å²) >= 11 is 0. The van der Waals surface area contributed by atoms with Gasteiger partial charge in [-0.05, 0) is 48.4 Å². The van der Waals surface area contributed by atoms with E-state index in [2.05, 4.69) is 16.3 Å². The third-order valence-corrected chi connectivity index (χ3v) is 7.75. The number of nitrogens with zero attached hydrogens (tertiary/aromatic N) is 5. The average molecular weight is 647 g/mol. The van der Waals surface area contributed by atoms with Gasteiger partial charge in [-0.1, -0.05) is 12.1 Å². The van der Waals surface area contributed by atoms with Gasteiger partial charge in [-0.2, -0.15) is 18.4 Å². The Morgan fingerprint density at radius 3 is 2.41 bits per heavy atom. The fourth-order valence-electron chi connectivity index (χ4n) is 5.45. The van der Waals surface area contributed by atoms with Crippen LogP contribution in [-0.4, -0.2) is 88.9 Å². The number of rotatable bonds is 10. The highest BCUT2D eigenvalue weighted by Crippen LogP contribution is 2.43. The van der Waals surface area contributed by atoms with E-state index in [1.165, 1.54) is 28.5 Å². The summed E-state index contributed by atoms with van der Waals surface area (Å²) in [7, 11) is 3.03. The number of ether oxygens (including phenoxy) is 1. The number of aliphatic hydroxyl groups excluding tert-OH is 2. The van der Waals surface area contributed by atoms with Gasteiger partial charge in [-0.3, -0.25) is 4.90 Å². The lowest BCUT2D eigenvalue weighted by Gasteiger charge is -2.37.